The molecule has 0 aliphatic carbocycles. The van der Waals surface area contributed by atoms with Gasteiger partial charge < -0.3 is 19.9 Å². The van der Waals surface area contributed by atoms with E-state index in [-0.39, 0.29) is 30.2 Å². The molecule has 7 heteroatoms. The number of ether oxygens (including phenoxy) is 2. The Balaban J connectivity index is 1.11. The number of fused-ring (bicyclic) bond motifs is 1. The fourth-order valence-corrected chi connectivity index (χ4v) is 5.87. The summed E-state index contributed by atoms with van der Waals surface area (Å²) in [6.07, 6.45) is 2.44. The van der Waals surface area contributed by atoms with Crippen LogP contribution in [-0.4, -0.2) is 84.1 Å². The van der Waals surface area contributed by atoms with Crippen LogP contribution in [0.4, 0.5) is 0 Å². The van der Waals surface area contributed by atoms with E-state index >= 15 is 0 Å². The summed E-state index contributed by atoms with van der Waals surface area (Å²) in [5.74, 6) is 0.0772. The third-order valence-electron chi connectivity index (χ3n) is 7.62. The molecule has 3 aliphatic rings. The van der Waals surface area contributed by atoms with E-state index in [0.29, 0.717) is 26.2 Å². The first kappa shape index (κ1) is 25.4. The minimum Gasteiger partial charge on any atom is -0.389 e. The molecule has 0 saturated carbocycles. The lowest BCUT2D eigenvalue weighted by Gasteiger charge is -2.44. The number of nitrogens with zero attached hydrogens (tertiary/aromatic N) is 2. The van der Waals surface area contributed by atoms with E-state index in [1.54, 1.807) is 0 Å². The molecule has 2 aromatic rings. The number of β-amino-alcohol motifs (C(OH)–C–C–N with tert-alkyl or cyclic N) is 1. The maximum absolute atomic E-state index is 12.9. The minimum absolute atomic E-state index is 0.0772. The van der Waals surface area contributed by atoms with Crippen molar-refractivity contribution >= 4 is 5.91 Å². The molecule has 5 rings (SSSR count). The van der Waals surface area contributed by atoms with Gasteiger partial charge in [-0.15, -0.1) is 0 Å². The Morgan fingerprint density at radius 3 is 2.39 bits per heavy atom. The van der Waals surface area contributed by atoms with Gasteiger partial charge in [0.25, 0.3) is 0 Å². The normalized spacial score (nSPS) is 29.8. The third kappa shape index (κ3) is 6.93. The highest BCUT2D eigenvalue weighted by molar-refractivity contribution is 5.76. The summed E-state index contributed by atoms with van der Waals surface area (Å²) in [6.45, 7) is 4.91. The van der Waals surface area contributed by atoms with Crippen molar-refractivity contribution in [2.45, 2.75) is 69.2 Å². The molecular formula is C29H39N3O4. The zero-order chi connectivity index (χ0) is 24.7. The van der Waals surface area contributed by atoms with Gasteiger partial charge >= 0.3 is 0 Å². The molecule has 3 heterocycles. The summed E-state index contributed by atoms with van der Waals surface area (Å²) < 4.78 is 12.2. The highest BCUT2D eigenvalue weighted by Crippen LogP contribution is 2.29. The van der Waals surface area contributed by atoms with Gasteiger partial charge in [-0.25, -0.2) is 0 Å². The topological polar surface area (TPSA) is 74.3 Å². The van der Waals surface area contributed by atoms with Gasteiger partial charge in [0.1, 0.15) is 0 Å². The van der Waals surface area contributed by atoms with E-state index in [0.717, 1.165) is 45.4 Å². The second-order valence-electron chi connectivity index (χ2n) is 10.5. The van der Waals surface area contributed by atoms with E-state index in [4.69, 9.17) is 9.47 Å². The Labute approximate surface area is 214 Å². The number of amides is 1. The van der Waals surface area contributed by atoms with E-state index in [1.165, 1.54) is 11.1 Å². The molecule has 3 saturated heterocycles. The van der Waals surface area contributed by atoms with Crippen LogP contribution in [0.1, 0.15) is 36.8 Å². The number of benzene rings is 2. The highest BCUT2D eigenvalue weighted by atomic mass is 16.5. The quantitative estimate of drug-likeness (QED) is 0.618. The molecule has 7 nitrogen and oxygen atoms in total. The van der Waals surface area contributed by atoms with Crippen LogP contribution in [0.3, 0.4) is 0 Å². The third-order valence-corrected chi connectivity index (χ3v) is 7.62. The van der Waals surface area contributed by atoms with Crippen molar-refractivity contribution in [3.05, 3.63) is 71.8 Å². The van der Waals surface area contributed by atoms with Gasteiger partial charge in [0, 0.05) is 44.8 Å². The van der Waals surface area contributed by atoms with Gasteiger partial charge in [0.15, 0.2) is 0 Å². The van der Waals surface area contributed by atoms with Crippen LogP contribution >= 0.6 is 0 Å². The predicted molar refractivity (Wildman–Crippen MR) is 138 cm³/mol. The average molecular weight is 494 g/mol. The monoisotopic (exact) mass is 493 g/mol. The standard InChI is InChI=1S/C29H39N3O4/c33-25-19-32(17-23-9-5-2-6-10-23)27-12-11-26(36-28(27)21-35-20-25)15-29(34)30-24-13-14-31(18-24)16-22-7-3-1-4-8-22/h1-10,24-28,33H,11-21H2,(H,30,34)/t24-,25-,26-,27+,28-/m0/s1. The SMILES string of the molecule is O=C(C[C@@H]1CC[C@@H]2[C@H](COC[C@@H](O)CN2Cc2ccccc2)O1)N[C@H]1CCN(Cc2ccccc2)C1. The first-order valence-corrected chi connectivity index (χ1v) is 13.4. The summed E-state index contributed by atoms with van der Waals surface area (Å²) in [5.41, 5.74) is 2.54. The maximum Gasteiger partial charge on any atom is 0.222 e. The fourth-order valence-electron chi connectivity index (χ4n) is 5.87. The van der Waals surface area contributed by atoms with Crippen molar-refractivity contribution in [3.63, 3.8) is 0 Å². The van der Waals surface area contributed by atoms with E-state index in [2.05, 4.69) is 51.5 Å². The Hall–Kier alpha value is -2.29. The predicted octanol–water partition coefficient (Wildman–Crippen LogP) is 2.58. The molecule has 0 spiro atoms. The van der Waals surface area contributed by atoms with Gasteiger partial charge in [-0.3, -0.25) is 14.6 Å². The van der Waals surface area contributed by atoms with Gasteiger partial charge in [-0.1, -0.05) is 60.7 Å². The second kappa shape index (κ2) is 12.3. The zero-order valence-electron chi connectivity index (χ0n) is 21.0. The molecular weight excluding hydrogens is 454 g/mol. The Kier molecular flexibility index (Phi) is 8.67. The van der Waals surface area contributed by atoms with Gasteiger partial charge in [-0.2, -0.15) is 0 Å². The molecule has 2 aromatic carbocycles. The molecule has 0 aromatic heterocycles. The maximum atomic E-state index is 12.9. The summed E-state index contributed by atoms with van der Waals surface area (Å²) in [7, 11) is 0. The van der Waals surface area contributed by atoms with E-state index < -0.39 is 6.10 Å². The molecule has 194 valence electrons. The Bertz CT molecular complexity index is 960. The molecule has 3 fully saturated rings. The molecule has 0 radical (unpaired) electrons. The molecule has 36 heavy (non-hydrogen) atoms. The summed E-state index contributed by atoms with van der Waals surface area (Å²) in [6, 6.07) is 21.2. The highest BCUT2D eigenvalue weighted by Gasteiger charge is 2.38. The molecule has 1 amide bonds. The Morgan fingerprint density at radius 2 is 1.64 bits per heavy atom. The molecule has 0 unspecified atom stereocenters. The second-order valence-corrected chi connectivity index (χ2v) is 10.5. The first-order chi connectivity index (χ1) is 17.6. The molecule has 2 N–H and O–H groups in total. The van der Waals surface area contributed by atoms with Crippen molar-refractivity contribution < 1.29 is 19.4 Å². The largest absolute Gasteiger partial charge is 0.389 e. The van der Waals surface area contributed by atoms with Crippen molar-refractivity contribution in [1.82, 2.24) is 15.1 Å². The van der Waals surface area contributed by atoms with E-state index in [9.17, 15) is 9.90 Å². The van der Waals surface area contributed by atoms with Crippen molar-refractivity contribution in [3.8, 4) is 0 Å². The number of aliphatic hydroxyl groups is 1. The van der Waals surface area contributed by atoms with Crippen molar-refractivity contribution in [1.29, 1.82) is 0 Å². The van der Waals surface area contributed by atoms with Crippen LogP contribution in [0.2, 0.25) is 0 Å². The van der Waals surface area contributed by atoms with Gasteiger partial charge in [0.05, 0.1) is 37.9 Å². The zero-order valence-corrected chi connectivity index (χ0v) is 21.0. The summed E-state index contributed by atoms with van der Waals surface area (Å²) in [4.78, 5) is 17.6. The summed E-state index contributed by atoms with van der Waals surface area (Å²) >= 11 is 0. The van der Waals surface area contributed by atoms with Crippen LogP contribution in [0, 0.1) is 0 Å². The number of hydrogen-bond acceptors (Lipinski definition) is 6. The average Bonchev–Trinajstić information content (AvgIpc) is 3.30. The van der Waals surface area contributed by atoms with Crippen molar-refractivity contribution in [2.75, 3.05) is 32.8 Å². The van der Waals surface area contributed by atoms with Gasteiger partial charge in [0.2, 0.25) is 5.91 Å². The van der Waals surface area contributed by atoms with E-state index in [1.807, 2.05) is 24.3 Å². The number of hydrogen-bond donors (Lipinski definition) is 2. The smallest absolute Gasteiger partial charge is 0.222 e. The lowest BCUT2D eigenvalue weighted by molar-refractivity contribution is -0.158. The van der Waals surface area contributed by atoms with Crippen LogP contribution in [-0.2, 0) is 27.4 Å². The van der Waals surface area contributed by atoms with Crippen LogP contribution in [0.5, 0.6) is 0 Å². The number of carbonyl (C=O) groups is 1. The lowest BCUT2D eigenvalue weighted by Crippen LogP contribution is -2.55. The Morgan fingerprint density at radius 1 is 0.917 bits per heavy atom. The summed E-state index contributed by atoms with van der Waals surface area (Å²) in [5, 5.41) is 13.6. The number of aliphatic hydroxyl groups excluding tert-OH is 1. The molecule has 3 aliphatic heterocycles. The number of nitrogens with one attached hydrogen (secondary N) is 1. The first-order valence-electron chi connectivity index (χ1n) is 13.4. The lowest BCUT2D eigenvalue weighted by atomic mass is 9.94. The van der Waals surface area contributed by atoms with Crippen LogP contribution in [0.15, 0.2) is 60.7 Å². The fraction of sp³-hybridized carbons (Fsp3) is 0.552. The molecule has 5 atom stereocenters. The molecule has 0 bridgehead atoms. The number of rotatable bonds is 7. The van der Waals surface area contributed by atoms with Gasteiger partial charge in [-0.05, 0) is 30.4 Å². The van der Waals surface area contributed by atoms with Crippen LogP contribution in [0.25, 0.3) is 0 Å². The van der Waals surface area contributed by atoms with Crippen molar-refractivity contribution in [2.24, 2.45) is 0 Å². The van der Waals surface area contributed by atoms with Crippen LogP contribution < -0.4 is 5.32 Å². The number of likely N-dealkylation sites (tertiary alicyclic amines) is 1. The number of carbonyl (C=O) groups excluding carboxylic acids is 1. The minimum atomic E-state index is -0.508.